The van der Waals surface area contributed by atoms with Gasteiger partial charge in [-0.1, -0.05) is 25.5 Å². The SMILES string of the molecule is C[C@H](CCC1(O)CC1)[C@H]1CC[C@H]2[C@@H]3CC=C4C[C@@H](O)CC[C@@H]4[C@H]3CC[C@]12C. The molecule has 5 aliphatic carbocycles. The van der Waals surface area contributed by atoms with Crippen molar-refractivity contribution in [1.29, 1.82) is 0 Å². The van der Waals surface area contributed by atoms with E-state index in [1.165, 1.54) is 44.9 Å². The van der Waals surface area contributed by atoms with Gasteiger partial charge in [0.15, 0.2) is 0 Å². The van der Waals surface area contributed by atoms with Gasteiger partial charge in [0.25, 0.3) is 0 Å². The van der Waals surface area contributed by atoms with Crippen molar-refractivity contribution in [2.45, 2.75) is 103 Å². The molecule has 0 bridgehead atoms. The fraction of sp³-hybridized carbons (Fsp3) is 0.920. The molecule has 4 saturated carbocycles. The van der Waals surface area contributed by atoms with Crippen LogP contribution in [0.25, 0.3) is 0 Å². The number of aliphatic hydroxyl groups excluding tert-OH is 1. The van der Waals surface area contributed by atoms with Crippen molar-refractivity contribution in [3.8, 4) is 0 Å². The fourth-order valence-corrected chi connectivity index (χ4v) is 8.32. The molecular weight excluding hydrogens is 332 g/mol. The molecule has 8 atom stereocenters. The van der Waals surface area contributed by atoms with Crippen LogP contribution >= 0.6 is 0 Å². The Balaban J connectivity index is 1.30. The van der Waals surface area contributed by atoms with Gasteiger partial charge in [-0.25, -0.2) is 0 Å². The van der Waals surface area contributed by atoms with E-state index < -0.39 is 0 Å². The predicted octanol–water partition coefficient (Wildman–Crippen LogP) is 5.48. The van der Waals surface area contributed by atoms with E-state index in [1.807, 2.05) is 0 Å². The highest BCUT2D eigenvalue weighted by atomic mass is 16.3. The molecule has 2 N–H and O–H groups in total. The van der Waals surface area contributed by atoms with E-state index >= 15 is 0 Å². The van der Waals surface area contributed by atoms with Crippen molar-refractivity contribution < 1.29 is 10.2 Å². The molecule has 0 saturated heterocycles. The Hall–Kier alpha value is -0.340. The molecule has 2 nitrogen and oxygen atoms in total. The number of fused-ring (bicyclic) bond motifs is 5. The maximum absolute atomic E-state index is 10.3. The minimum atomic E-state index is -0.277. The number of hydrogen-bond donors (Lipinski definition) is 2. The van der Waals surface area contributed by atoms with Crippen LogP contribution < -0.4 is 0 Å². The van der Waals surface area contributed by atoms with Crippen LogP contribution in [0.3, 0.4) is 0 Å². The van der Waals surface area contributed by atoms with Crippen LogP contribution in [0, 0.1) is 40.9 Å². The third-order valence-electron chi connectivity index (χ3n) is 10.1. The summed E-state index contributed by atoms with van der Waals surface area (Å²) in [6, 6.07) is 0. The van der Waals surface area contributed by atoms with Gasteiger partial charge in [0.1, 0.15) is 0 Å². The first-order chi connectivity index (χ1) is 12.9. The zero-order valence-electron chi connectivity index (χ0n) is 17.5. The van der Waals surface area contributed by atoms with Crippen LogP contribution in [-0.2, 0) is 0 Å². The summed E-state index contributed by atoms with van der Waals surface area (Å²) in [6.07, 6.45) is 17.0. The Morgan fingerprint density at radius 1 is 1.07 bits per heavy atom. The maximum Gasteiger partial charge on any atom is 0.0650 e. The van der Waals surface area contributed by atoms with E-state index in [4.69, 9.17) is 0 Å². The number of allylic oxidation sites excluding steroid dienone is 1. The molecule has 2 heteroatoms. The van der Waals surface area contributed by atoms with Crippen molar-refractivity contribution >= 4 is 0 Å². The monoisotopic (exact) mass is 372 g/mol. The molecule has 0 unspecified atom stereocenters. The van der Waals surface area contributed by atoms with Crippen molar-refractivity contribution in [3.05, 3.63) is 11.6 Å². The topological polar surface area (TPSA) is 40.5 Å². The summed E-state index contributed by atoms with van der Waals surface area (Å²) < 4.78 is 0. The van der Waals surface area contributed by atoms with Crippen molar-refractivity contribution in [3.63, 3.8) is 0 Å². The number of rotatable bonds is 4. The van der Waals surface area contributed by atoms with Gasteiger partial charge in [-0.2, -0.15) is 0 Å². The lowest BCUT2D eigenvalue weighted by atomic mass is 9.51. The molecule has 5 aliphatic rings. The molecule has 0 heterocycles. The van der Waals surface area contributed by atoms with Crippen LogP contribution in [0.1, 0.15) is 90.9 Å². The molecule has 0 spiro atoms. The molecule has 4 fully saturated rings. The lowest BCUT2D eigenvalue weighted by Crippen LogP contribution is -2.47. The third kappa shape index (κ3) is 3.14. The van der Waals surface area contributed by atoms with Gasteiger partial charge < -0.3 is 10.2 Å². The Kier molecular flexibility index (Phi) is 4.56. The van der Waals surface area contributed by atoms with Crippen LogP contribution in [0.2, 0.25) is 0 Å². The smallest absolute Gasteiger partial charge is 0.0650 e. The Bertz CT molecular complexity index is 605. The minimum Gasteiger partial charge on any atom is -0.393 e. The van der Waals surface area contributed by atoms with Crippen molar-refractivity contribution in [2.24, 2.45) is 40.9 Å². The van der Waals surface area contributed by atoms with Crippen LogP contribution in [0.15, 0.2) is 11.6 Å². The summed E-state index contributed by atoms with van der Waals surface area (Å²) >= 11 is 0. The Morgan fingerprint density at radius 2 is 1.89 bits per heavy atom. The zero-order chi connectivity index (χ0) is 18.8. The summed E-state index contributed by atoms with van der Waals surface area (Å²) in [6.45, 7) is 5.12. The van der Waals surface area contributed by atoms with E-state index in [0.29, 0.717) is 5.41 Å². The maximum atomic E-state index is 10.3. The lowest BCUT2D eigenvalue weighted by molar-refractivity contribution is -0.0306. The first-order valence-corrected chi connectivity index (χ1v) is 12.0. The molecule has 152 valence electrons. The van der Waals surface area contributed by atoms with E-state index in [2.05, 4.69) is 19.9 Å². The highest BCUT2D eigenvalue weighted by Crippen LogP contribution is 2.65. The Labute approximate surface area is 165 Å². The average molecular weight is 373 g/mol. The van der Waals surface area contributed by atoms with Crippen molar-refractivity contribution in [1.82, 2.24) is 0 Å². The average Bonchev–Trinajstić information content (AvgIpc) is 3.27. The molecule has 0 aromatic rings. The molecule has 0 aromatic heterocycles. The summed E-state index contributed by atoms with van der Waals surface area (Å²) in [5, 5.41) is 20.4. The number of hydrogen-bond acceptors (Lipinski definition) is 2. The van der Waals surface area contributed by atoms with Gasteiger partial charge >= 0.3 is 0 Å². The molecule has 27 heavy (non-hydrogen) atoms. The minimum absolute atomic E-state index is 0.0732. The van der Waals surface area contributed by atoms with E-state index in [0.717, 1.165) is 67.6 Å². The van der Waals surface area contributed by atoms with E-state index in [1.54, 1.807) is 5.57 Å². The van der Waals surface area contributed by atoms with Gasteiger partial charge in [0, 0.05) is 0 Å². The van der Waals surface area contributed by atoms with E-state index in [-0.39, 0.29) is 11.7 Å². The summed E-state index contributed by atoms with van der Waals surface area (Å²) in [7, 11) is 0. The summed E-state index contributed by atoms with van der Waals surface area (Å²) in [5.74, 6) is 5.13. The molecule has 0 aliphatic heterocycles. The van der Waals surface area contributed by atoms with Gasteiger partial charge in [0.05, 0.1) is 11.7 Å². The quantitative estimate of drug-likeness (QED) is 0.642. The van der Waals surface area contributed by atoms with Crippen LogP contribution in [0.5, 0.6) is 0 Å². The third-order valence-corrected chi connectivity index (χ3v) is 10.1. The van der Waals surface area contributed by atoms with Gasteiger partial charge in [0.2, 0.25) is 0 Å². The van der Waals surface area contributed by atoms with Gasteiger partial charge in [-0.3, -0.25) is 0 Å². The highest BCUT2D eigenvalue weighted by Gasteiger charge is 2.56. The summed E-state index contributed by atoms with van der Waals surface area (Å²) in [5.41, 5.74) is 1.87. The standard InChI is InChI=1S/C25H40O2/c1-16(9-12-25(27)13-14-25)22-7-8-23-21-5-3-17-15-18(26)4-6-19(17)20(21)10-11-24(22,23)2/h3,16,18-23,26-27H,4-15H2,1-2H3/t16-,18+,19+,20-,21-,22-,23+,24-/m1/s1. The first kappa shape index (κ1) is 18.7. The van der Waals surface area contributed by atoms with Crippen LogP contribution in [0.4, 0.5) is 0 Å². The van der Waals surface area contributed by atoms with Gasteiger partial charge in [-0.05, 0) is 118 Å². The van der Waals surface area contributed by atoms with E-state index in [9.17, 15) is 10.2 Å². The molecule has 5 rings (SSSR count). The first-order valence-electron chi connectivity index (χ1n) is 12.0. The second-order valence-electron chi connectivity index (χ2n) is 11.5. The molecule has 0 radical (unpaired) electrons. The normalized spacial score (nSPS) is 48.8. The highest BCUT2D eigenvalue weighted by molar-refractivity contribution is 5.20. The zero-order valence-corrected chi connectivity index (χ0v) is 17.5. The second-order valence-corrected chi connectivity index (χ2v) is 11.5. The lowest BCUT2D eigenvalue weighted by Gasteiger charge is -2.54. The molecular formula is C25H40O2. The van der Waals surface area contributed by atoms with Crippen LogP contribution in [-0.4, -0.2) is 21.9 Å². The van der Waals surface area contributed by atoms with Crippen molar-refractivity contribution in [2.75, 3.05) is 0 Å². The molecule has 0 aromatic carbocycles. The largest absolute Gasteiger partial charge is 0.393 e. The van der Waals surface area contributed by atoms with Gasteiger partial charge in [-0.15, -0.1) is 0 Å². The molecule has 0 amide bonds. The Morgan fingerprint density at radius 3 is 2.67 bits per heavy atom. The predicted molar refractivity (Wildman–Crippen MR) is 109 cm³/mol. The second kappa shape index (κ2) is 6.59. The fourth-order valence-electron chi connectivity index (χ4n) is 8.32. The number of aliphatic hydroxyl groups is 2. The summed E-state index contributed by atoms with van der Waals surface area (Å²) in [4.78, 5) is 0.